The van der Waals surface area contributed by atoms with Crippen LogP contribution in [0.4, 0.5) is 22.0 Å². The molecule has 2 N–H and O–H groups in total. The quantitative estimate of drug-likeness (QED) is 0.869. The van der Waals surface area contributed by atoms with Crippen molar-refractivity contribution in [1.82, 2.24) is 15.0 Å². The number of aromatic nitrogens is 3. The highest BCUT2D eigenvalue weighted by molar-refractivity contribution is 5.57. The molecule has 0 spiro atoms. The van der Waals surface area contributed by atoms with Crippen molar-refractivity contribution >= 4 is 17.6 Å². The van der Waals surface area contributed by atoms with Gasteiger partial charge >= 0.3 is 6.01 Å². The van der Waals surface area contributed by atoms with E-state index in [1.165, 1.54) is 25.3 Å². The maximum atomic E-state index is 13.3. The van der Waals surface area contributed by atoms with Crippen LogP contribution in [0, 0.1) is 17.1 Å². The van der Waals surface area contributed by atoms with Gasteiger partial charge in [-0.25, -0.2) is 4.39 Å². The summed E-state index contributed by atoms with van der Waals surface area (Å²) in [5.74, 6) is 0.00684. The predicted octanol–water partition coefficient (Wildman–Crippen LogP) is 2.07. The lowest BCUT2D eigenvalue weighted by Gasteiger charge is -2.09. The third-order valence-corrected chi connectivity index (χ3v) is 2.48. The van der Waals surface area contributed by atoms with E-state index in [0.717, 1.165) is 0 Å². The summed E-state index contributed by atoms with van der Waals surface area (Å²) in [4.78, 5) is 12.2. The third kappa shape index (κ3) is 3.54. The molecule has 0 aliphatic heterocycles. The van der Waals surface area contributed by atoms with Gasteiger partial charge in [-0.2, -0.15) is 20.2 Å². The monoisotopic (exact) mass is 288 g/mol. The van der Waals surface area contributed by atoms with Crippen LogP contribution < -0.4 is 15.4 Å². The average Bonchev–Trinajstić information content (AvgIpc) is 2.49. The number of methoxy groups -OCH3 is 1. The smallest absolute Gasteiger partial charge is 0.322 e. The summed E-state index contributed by atoms with van der Waals surface area (Å²) in [6, 6.07) is 5.97. The number of rotatable bonds is 5. The van der Waals surface area contributed by atoms with Crippen LogP contribution in [-0.4, -0.2) is 28.6 Å². The highest BCUT2D eigenvalue weighted by atomic mass is 19.1. The second kappa shape index (κ2) is 6.47. The number of halogens is 1. The van der Waals surface area contributed by atoms with Gasteiger partial charge in [-0.3, -0.25) is 0 Å². The molecule has 7 nitrogen and oxygen atoms in total. The minimum atomic E-state index is -0.579. The van der Waals surface area contributed by atoms with Crippen molar-refractivity contribution in [1.29, 1.82) is 5.26 Å². The molecule has 1 aromatic carbocycles. The maximum Gasteiger partial charge on any atom is 0.322 e. The maximum absolute atomic E-state index is 13.3. The zero-order chi connectivity index (χ0) is 15.2. The largest absolute Gasteiger partial charge is 0.467 e. The van der Waals surface area contributed by atoms with Gasteiger partial charge in [0.1, 0.15) is 11.9 Å². The second-order valence-corrected chi connectivity index (χ2v) is 3.93. The lowest BCUT2D eigenvalue weighted by atomic mass is 10.2. The molecule has 1 heterocycles. The normalized spacial score (nSPS) is 9.81. The van der Waals surface area contributed by atoms with Crippen LogP contribution in [0.25, 0.3) is 0 Å². The summed E-state index contributed by atoms with van der Waals surface area (Å²) in [6.07, 6.45) is 0. The number of nitriles is 1. The molecule has 0 saturated carbocycles. The Labute approximate surface area is 120 Å². The SMILES string of the molecule is CCNc1nc(Nc2ccc(F)c(C#N)c2)nc(OC)n1. The third-order valence-electron chi connectivity index (χ3n) is 2.48. The second-order valence-electron chi connectivity index (χ2n) is 3.93. The fourth-order valence-corrected chi connectivity index (χ4v) is 1.56. The number of hydrogen-bond acceptors (Lipinski definition) is 7. The van der Waals surface area contributed by atoms with E-state index in [9.17, 15) is 4.39 Å². The van der Waals surface area contributed by atoms with Gasteiger partial charge in [-0.05, 0) is 25.1 Å². The van der Waals surface area contributed by atoms with Gasteiger partial charge < -0.3 is 15.4 Å². The van der Waals surface area contributed by atoms with E-state index in [0.29, 0.717) is 18.2 Å². The van der Waals surface area contributed by atoms with Gasteiger partial charge in [0.2, 0.25) is 11.9 Å². The summed E-state index contributed by atoms with van der Waals surface area (Å²) in [6.45, 7) is 2.55. The molecule has 2 rings (SSSR count). The van der Waals surface area contributed by atoms with Crippen molar-refractivity contribution in [2.45, 2.75) is 6.92 Å². The lowest BCUT2D eigenvalue weighted by Crippen LogP contribution is -2.08. The van der Waals surface area contributed by atoms with Gasteiger partial charge in [-0.15, -0.1) is 0 Å². The molecule has 1 aromatic heterocycles. The molecule has 0 unspecified atom stereocenters. The summed E-state index contributed by atoms with van der Waals surface area (Å²) in [7, 11) is 1.44. The summed E-state index contributed by atoms with van der Waals surface area (Å²) < 4.78 is 18.3. The van der Waals surface area contributed by atoms with Crippen molar-refractivity contribution < 1.29 is 9.13 Å². The molecular weight excluding hydrogens is 275 g/mol. The van der Waals surface area contributed by atoms with Crippen LogP contribution in [0.15, 0.2) is 18.2 Å². The molecule has 0 atom stereocenters. The van der Waals surface area contributed by atoms with Gasteiger partial charge in [0, 0.05) is 12.2 Å². The molecule has 0 radical (unpaired) electrons. The molecule has 0 aliphatic carbocycles. The number of anilines is 3. The minimum Gasteiger partial charge on any atom is -0.467 e. The first-order chi connectivity index (χ1) is 10.2. The van der Waals surface area contributed by atoms with E-state index >= 15 is 0 Å². The van der Waals surface area contributed by atoms with Crippen LogP contribution in [-0.2, 0) is 0 Å². The Hall–Kier alpha value is -2.95. The van der Waals surface area contributed by atoms with E-state index in [2.05, 4.69) is 25.6 Å². The Morgan fingerprint density at radius 3 is 2.71 bits per heavy atom. The fourth-order valence-electron chi connectivity index (χ4n) is 1.56. The van der Waals surface area contributed by atoms with Crippen molar-refractivity contribution in [3.05, 3.63) is 29.6 Å². The summed E-state index contributed by atoms with van der Waals surface area (Å²) >= 11 is 0. The van der Waals surface area contributed by atoms with E-state index in [-0.39, 0.29) is 17.5 Å². The topological polar surface area (TPSA) is 95.8 Å². The minimum absolute atomic E-state index is 0.0621. The van der Waals surface area contributed by atoms with Crippen molar-refractivity contribution in [2.24, 2.45) is 0 Å². The van der Waals surface area contributed by atoms with Crippen LogP contribution in [0.1, 0.15) is 12.5 Å². The van der Waals surface area contributed by atoms with Gasteiger partial charge in [-0.1, -0.05) is 0 Å². The molecule has 21 heavy (non-hydrogen) atoms. The number of nitrogens with zero attached hydrogens (tertiary/aromatic N) is 4. The van der Waals surface area contributed by atoms with Gasteiger partial charge in [0.15, 0.2) is 0 Å². The van der Waals surface area contributed by atoms with Crippen LogP contribution in [0.2, 0.25) is 0 Å². The standard InChI is InChI=1S/C13H13FN6O/c1-3-16-11-18-12(20-13(19-11)21-2)17-9-4-5-10(14)8(6-9)7-15/h4-6H,3H2,1-2H3,(H2,16,17,18,19,20). The van der Waals surface area contributed by atoms with Crippen LogP contribution >= 0.6 is 0 Å². The number of nitrogens with one attached hydrogen (secondary N) is 2. The predicted molar refractivity (Wildman–Crippen MR) is 74.9 cm³/mol. The van der Waals surface area contributed by atoms with E-state index < -0.39 is 5.82 Å². The van der Waals surface area contributed by atoms with E-state index in [4.69, 9.17) is 10.00 Å². The van der Waals surface area contributed by atoms with E-state index in [1.807, 2.05) is 6.92 Å². The van der Waals surface area contributed by atoms with Crippen LogP contribution in [0.3, 0.4) is 0 Å². The Bertz CT molecular complexity index is 685. The number of hydrogen-bond donors (Lipinski definition) is 2. The molecule has 0 bridgehead atoms. The first kappa shape index (κ1) is 14.5. The molecular formula is C13H13FN6O. The number of ether oxygens (including phenoxy) is 1. The Balaban J connectivity index is 2.30. The summed E-state index contributed by atoms with van der Waals surface area (Å²) in [5.41, 5.74) is 0.427. The first-order valence-corrected chi connectivity index (χ1v) is 6.17. The van der Waals surface area contributed by atoms with E-state index in [1.54, 1.807) is 6.07 Å². The first-order valence-electron chi connectivity index (χ1n) is 6.17. The molecule has 2 aromatic rings. The lowest BCUT2D eigenvalue weighted by molar-refractivity contribution is 0.379. The van der Waals surface area contributed by atoms with Gasteiger partial charge in [0.05, 0.1) is 12.7 Å². The molecule has 8 heteroatoms. The zero-order valence-corrected chi connectivity index (χ0v) is 11.5. The Morgan fingerprint density at radius 1 is 1.29 bits per heavy atom. The van der Waals surface area contributed by atoms with Crippen molar-refractivity contribution in [3.63, 3.8) is 0 Å². The van der Waals surface area contributed by atoms with Crippen molar-refractivity contribution in [3.8, 4) is 12.1 Å². The van der Waals surface area contributed by atoms with Crippen LogP contribution in [0.5, 0.6) is 6.01 Å². The highest BCUT2D eigenvalue weighted by Gasteiger charge is 2.08. The fraction of sp³-hybridized carbons (Fsp3) is 0.231. The summed E-state index contributed by atoms with van der Waals surface area (Å²) in [5, 5.41) is 14.6. The Morgan fingerprint density at radius 2 is 2.05 bits per heavy atom. The Kier molecular flexibility index (Phi) is 4.46. The molecule has 0 fully saturated rings. The molecule has 0 amide bonds. The van der Waals surface area contributed by atoms with Crippen molar-refractivity contribution in [2.75, 3.05) is 24.3 Å². The average molecular weight is 288 g/mol. The zero-order valence-electron chi connectivity index (χ0n) is 11.5. The molecule has 108 valence electrons. The number of benzene rings is 1. The molecule has 0 saturated heterocycles. The van der Waals surface area contributed by atoms with Gasteiger partial charge in [0.25, 0.3) is 0 Å². The molecule has 0 aliphatic rings. The highest BCUT2D eigenvalue weighted by Crippen LogP contribution is 2.19.